The second-order valence-corrected chi connectivity index (χ2v) is 6.76. The summed E-state index contributed by atoms with van der Waals surface area (Å²) < 4.78 is 31.6. The topological polar surface area (TPSA) is 96.5 Å². The third-order valence-corrected chi connectivity index (χ3v) is 4.70. The average molecular weight is 327 g/mol. The molecule has 2 rings (SSSR count). The summed E-state index contributed by atoms with van der Waals surface area (Å²) in [4.78, 5) is 11.9. The Hall–Kier alpha value is -1.48. The first-order valence-electron chi connectivity index (χ1n) is 7.20. The van der Waals surface area contributed by atoms with E-state index in [4.69, 9.17) is 4.74 Å². The first-order valence-corrected chi connectivity index (χ1v) is 8.69. The molecule has 7 nitrogen and oxygen atoms in total. The van der Waals surface area contributed by atoms with Gasteiger partial charge in [0, 0.05) is 32.1 Å². The lowest BCUT2D eigenvalue weighted by molar-refractivity contribution is -0.122. The standard InChI is InChI=1S/C14H21N3O4S/c18-14(10-12-11-21-9-8-15-12)16-6-7-17-22(19,20)13-4-2-1-3-5-13/h1-5,12,15,17H,6-11H2,(H,16,18). The van der Waals surface area contributed by atoms with Gasteiger partial charge in [0.1, 0.15) is 0 Å². The molecule has 1 aliphatic rings. The number of carbonyl (C=O) groups excluding carboxylic acids is 1. The molecule has 1 fully saturated rings. The summed E-state index contributed by atoms with van der Waals surface area (Å²) in [6, 6.07) is 8.15. The van der Waals surface area contributed by atoms with Crippen molar-refractivity contribution in [2.24, 2.45) is 0 Å². The number of hydrogen-bond donors (Lipinski definition) is 3. The van der Waals surface area contributed by atoms with Crippen LogP contribution < -0.4 is 15.4 Å². The highest BCUT2D eigenvalue weighted by molar-refractivity contribution is 7.89. The van der Waals surface area contributed by atoms with Gasteiger partial charge < -0.3 is 15.4 Å². The Kier molecular flexibility index (Phi) is 6.32. The predicted octanol–water partition coefficient (Wildman–Crippen LogP) is -0.540. The second kappa shape index (κ2) is 8.23. The molecule has 0 aliphatic carbocycles. The first kappa shape index (κ1) is 16.9. The molecule has 0 spiro atoms. The number of carbonyl (C=O) groups is 1. The molecule has 3 N–H and O–H groups in total. The maximum absolute atomic E-state index is 11.9. The van der Waals surface area contributed by atoms with E-state index in [0.29, 0.717) is 19.6 Å². The number of rotatable bonds is 7. The summed E-state index contributed by atoms with van der Waals surface area (Å²) in [6.07, 6.45) is 0.325. The highest BCUT2D eigenvalue weighted by atomic mass is 32.2. The van der Waals surface area contributed by atoms with Crippen LogP contribution in [0.2, 0.25) is 0 Å². The molecule has 122 valence electrons. The Morgan fingerprint density at radius 2 is 2.05 bits per heavy atom. The third-order valence-electron chi connectivity index (χ3n) is 3.22. The van der Waals surface area contributed by atoms with E-state index >= 15 is 0 Å². The number of morpholine rings is 1. The smallest absolute Gasteiger partial charge is 0.240 e. The fourth-order valence-corrected chi connectivity index (χ4v) is 3.17. The van der Waals surface area contributed by atoms with Crippen LogP contribution >= 0.6 is 0 Å². The molecule has 1 atom stereocenters. The molecule has 1 aliphatic heterocycles. The summed E-state index contributed by atoms with van der Waals surface area (Å²) in [6.45, 7) is 2.33. The molecule has 0 radical (unpaired) electrons. The minimum atomic E-state index is -3.52. The van der Waals surface area contributed by atoms with E-state index in [1.807, 2.05) is 0 Å². The zero-order valence-corrected chi connectivity index (χ0v) is 13.1. The molecule has 1 aromatic rings. The molecular formula is C14H21N3O4S. The Morgan fingerprint density at radius 1 is 1.27 bits per heavy atom. The SMILES string of the molecule is O=C(CC1COCCN1)NCCNS(=O)(=O)c1ccccc1. The van der Waals surface area contributed by atoms with Crippen molar-refractivity contribution < 1.29 is 17.9 Å². The monoisotopic (exact) mass is 327 g/mol. The largest absolute Gasteiger partial charge is 0.378 e. The molecule has 0 aromatic heterocycles. The molecule has 8 heteroatoms. The molecule has 1 amide bonds. The average Bonchev–Trinajstić information content (AvgIpc) is 2.53. The molecule has 0 bridgehead atoms. The van der Waals surface area contributed by atoms with Gasteiger partial charge >= 0.3 is 0 Å². The van der Waals surface area contributed by atoms with Crippen LogP contribution in [0.4, 0.5) is 0 Å². The van der Waals surface area contributed by atoms with Gasteiger partial charge in [0.05, 0.1) is 18.1 Å². The Labute approximate surface area is 130 Å². The second-order valence-electron chi connectivity index (χ2n) is 4.99. The number of sulfonamides is 1. The van der Waals surface area contributed by atoms with Gasteiger partial charge in [-0.1, -0.05) is 18.2 Å². The molecule has 1 heterocycles. The highest BCUT2D eigenvalue weighted by Gasteiger charge is 2.17. The van der Waals surface area contributed by atoms with Crippen molar-refractivity contribution in [1.29, 1.82) is 0 Å². The number of nitrogens with one attached hydrogen (secondary N) is 3. The molecule has 1 aromatic carbocycles. The maximum Gasteiger partial charge on any atom is 0.240 e. The van der Waals surface area contributed by atoms with Crippen molar-refractivity contribution in [3.63, 3.8) is 0 Å². The van der Waals surface area contributed by atoms with Gasteiger partial charge in [-0.3, -0.25) is 4.79 Å². The third kappa shape index (κ3) is 5.38. The van der Waals surface area contributed by atoms with Crippen LogP contribution in [0.25, 0.3) is 0 Å². The fourth-order valence-electron chi connectivity index (χ4n) is 2.12. The molecule has 1 unspecified atom stereocenters. The van der Waals surface area contributed by atoms with Crippen molar-refractivity contribution in [3.8, 4) is 0 Å². The minimum absolute atomic E-state index is 0.0229. The Balaban J connectivity index is 1.67. The van der Waals surface area contributed by atoms with E-state index in [2.05, 4.69) is 15.4 Å². The van der Waals surface area contributed by atoms with E-state index < -0.39 is 10.0 Å². The normalized spacial score (nSPS) is 18.8. The summed E-state index contributed by atoms with van der Waals surface area (Å²) >= 11 is 0. The highest BCUT2D eigenvalue weighted by Crippen LogP contribution is 2.06. The van der Waals surface area contributed by atoms with Crippen molar-refractivity contribution in [3.05, 3.63) is 30.3 Å². The van der Waals surface area contributed by atoms with E-state index in [9.17, 15) is 13.2 Å². The molecule has 1 saturated heterocycles. The van der Waals surface area contributed by atoms with Crippen LogP contribution in [-0.4, -0.2) is 53.2 Å². The zero-order valence-electron chi connectivity index (χ0n) is 12.2. The van der Waals surface area contributed by atoms with Crippen LogP contribution in [0.5, 0.6) is 0 Å². The van der Waals surface area contributed by atoms with Crippen LogP contribution in [0.15, 0.2) is 35.2 Å². The van der Waals surface area contributed by atoms with Gasteiger partial charge in [0.15, 0.2) is 0 Å². The Morgan fingerprint density at radius 3 is 2.73 bits per heavy atom. The van der Waals surface area contributed by atoms with E-state index in [0.717, 1.165) is 6.54 Å². The zero-order chi connectivity index (χ0) is 15.8. The fraction of sp³-hybridized carbons (Fsp3) is 0.500. The van der Waals surface area contributed by atoms with Crippen LogP contribution in [0, 0.1) is 0 Å². The summed E-state index contributed by atoms with van der Waals surface area (Å²) in [5.74, 6) is -0.123. The van der Waals surface area contributed by atoms with Gasteiger partial charge in [-0.25, -0.2) is 13.1 Å². The number of ether oxygens (including phenoxy) is 1. The van der Waals surface area contributed by atoms with Crippen molar-refractivity contribution in [1.82, 2.24) is 15.4 Å². The number of hydrogen-bond acceptors (Lipinski definition) is 5. The Bertz CT molecular complexity index is 571. The number of amides is 1. The molecule has 22 heavy (non-hydrogen) atoms. The van der Waals surface area contributed by atoms with Gasteiger partial charge in [0.2, 0.25) is 15.9 Å². The van der Waals surface area contributed by atoms with Crippen molar-refractivity contribution in [2.75, 3.05) is 32.8 Å². The minimum Gasteiger partial charge on any atom is -0.378 e. The lowest BCUT2D eigenvalue weighted by Gasteiger charge is -2.23. The van der Waals surface area contributed by atoms with Crippen LogP contribution in [0.1, 0.15) is 6.42 Å². The van der Waals surface area contributed by atoms with Crippen molar-refractivity contribution in [2.45, 2.75) is 17.4 Å². The van der Waals surface area contributed by atoms with E-state index in [1.54, 1.807) is 18.2 Å². The summed E-state index contributed by atoms with van der Waals surface area (Å²) in [7, 11) is -3.52. The lowest BCUT2D eigenvalue weighted by atomic mass is 10.2. The molecular weight excluding hydrogens is 306 g/mol. The lowest BCUT2D eigenvalue weighted by Crippen LogP contribution is -2.45. The van der Waals surface area contributed by atoms with Gasteiger partial charge in [-0.15, -0.1) is 0 Å². The maximum atomic E-state index is 11.9. The van der Waals surface area contributed by atoms with Crippen molar-refractivity contribution >= 4 is 15.9 Å². The van der Waals surface area contributed by atoms with Gasteiger partial charge in [-0.2, -0.15) is 0 Å². The predicted molar refractivity (Wildman–Crippen MR) is 81.9 cm³/mol. The molecule has 0 saturated carbocycles. The van der Waals surface area contributed by atoms with Crippen LogP contribution in [0.3, 0.4) is 0 Å². The van der Waals surface area contributed by atoms with E-state index in [1.165, 1.54) is 12.1 Å². The number of benzene rings is 1. The summed E-state index contributed by atoms with van der Waals surface area (Å²) in [5, 5.41) is 5.88. The van der Waals surface area contributed by atoms with Crippen LogP contribution in [-0.2, 0) is 19.6 Å². The van der Waals surface area contributed by atoms with Gasteiger partial charge in [-0.05, 0) is 12.1 Å². The first-order chi connectivity index (χ1) is 10.6. The quantitative estimate of drug-likeness (QED) is 0.585. The van der Waals surface area contributed by atoms with Gasteiger partial charge in [0.25, 0.3) is 0 Å². The van der Waals surface area contributed by atoms with E-state index in [-0.39, 0.29) is 29.9 Å². The summed E-state index contributed by atoms with van der Waals surface area (Å²) in [5.41, 5.74) is 0.